The Morgan fingerprint density at radius 3 is 2.68 bits per heavy atom. The zero-order valence-electron chi connectivity index (χ0n) is 19.1. The van der Waals surface area contributed by atoms with Crippen LogP contribution in [0, 0.1) is 5.82 Å². The van der Waals surface area contributed by atoms with E-state index in [9.17, 15) is 4.21 Å². The molecule has 3 heterocycles. The van der Waals surface area contributed by atoms with Crippen LogP contribution in [0.25, 0.3) is 11.3 Å². The van der Waals surface area contributed by atoms with Gasteiger partial charge in [-0.15, -0.1) is 0 Å². The molecular formula is C24H26ClFN4O3S. The van der Waals surface area contributed by atoms with Gasteiger partial charge in [0.2, 0.25) is 5.88 Å². The van der Waals surface area contributed by atoms with E-state index >= 15 is 4.39 Å². The predicted molar refractivity (Wildman–Crippen MR) is 131 cm³/mol. The lowest BCUT2D eigenvalue weighted by molar-refractivity contribution is -0.0705. The molecule has 4 rings (SSSR count). The molecule has 0 spiro atoms. The fourth-order valence-electron chi connectivity index (χ4n) is 4.03. The van der Waals surface area contributed by atoms with Crippen molar-refractivity contribution in [1.82, 2.24) is 14.9 Å². The summed E-state index contributed by atoms with van der Waals surface area (Å²) in [5.41, 5.74) is 2.18. The molecule has 180 valence electrons. The third-order valence-corrected chi connectivity index (χ3v) is 6.68. The number of halogens is 2. The second kappa shape index (κ2) is 10.8. The first kappa shape index (κ1) is 24.5. The van der Waals surface area contributed by atoms with E-state index in [1.807, 2.05) is 19.9 Å². The summed E-state index contributed by atoms with van der Waals surface area (Å²) in [6.07, 6.45) is 3.26. The van der Waals surface area contributed by atoms with Crippen molar-refractivity contribution in [2.24, 2.45) is 0 Å². The number of morpholine rings is 1. The van der Waals surface area contributed by atoms with Crippen LogP contribution in [0.15, 0.2) is 53.7 Å². The Bertz CT molecular complexity index is 1190. The predicted octanol–water partition coefficient (Wildman–Crippen LogP) is 4.69. The van der Waals surface area contributed by atoms with E-state index < -0.39 is 11.0 Å². The van der Waals surface area contributed by atoms with Gasteiger partial charge in [-0.2, -0.15) is 0 Å². The normalized spacial score (nSPS) is 19.6. The van der Waals surface area contributed by atoms with Crippen LogP contribution >= 0.6 is 11.6 Å². The van der Waals surface area contributed by atoms with Crippen LogP contribution < -0.4 is 9.46 Å². The van der Waals surface area contributed by atoms with Gasteiger partial charge < -0.3 is 14.2 Å². The number of hydrogen-bond acceptors (Lipinski definition) is 6. The molecule has 1 fully saturated rings. The van der Waals surface area contributed by atoms with Crippen molar-refractivity contribution >= 4 is 28.3 Å². The number of aromatic nitrogens is 2. The highest BCUT2D eigenvalue weighted by molar-refractivity contribution is 7.86. The van der Waals surface area contributed by atoms with Crippen LogP contribution in [0.2, 0.25) is 5.02 Å². The number of methoxy groups -OCH3 is 1. The maximum absolute atomic E-state index is 15.0. The van der Waals surface area contributed by atoms with Crippen molar-refractivity contribution in [3.63, 3.8) is 0 Å². The molecule has 10 heteroatoms. The molecule has 1 aliphatic heterocycles. The number of pyridine rings is 2. The van der Waals surface area contributed by atoms with Crippen molar-refractivity contribution in [2.45, 2.75) is 37.5 Å². The van der Waals surface area contributed by atoms with Crippen molar-refractivity contribution < 1.29 is 18.1 Å². The Labute approximate surface area is 205 Å². The summed E-state index contributed by atoms with van der Waals surface area (Å²) in [5.74, 6) is -0.159. The average Bonchev–Trinajstić information content (AvgIpc) is 2.78. The van der Waals surface area contributed by atoms with Crippen LogP contribution in [0.3, 0.4) is 0 Å². The van der Waals surface area contributed by atoms with E-state index in [0.29, 0.717) is 33.4 Å². The lowest BCUT2D eigenvalue weighted by Gasteiger charge is -2.35. The van der Waals surface area contributed by atoms with E-state index in [1.165, 1.54) is 25.6 Å². The highest BCUT2D eigenvalue weighted by Gasteiger charge is 2.22. The minimum Gasteiger partial charge on any atom is -0.480 e. The van der Waals surface area contributed by atoms with Gasteiger partial charge >= 0.3 is 0 Å². The number of benzene rings is 1. The standard InChI is InChI=1S/C24H26ClFN4O3S/c1-15-12-30(13-16(2)33-15)14-17-4-5-20(21(26)8-17)22-10-19(6-7-27-22)29-34(31)23-9-18(25)11-28-24(23)32-3/h4-11,15-16H,12-14H2,1-3H3,(H,27,29). The van der Waals surface area contributed by atoms with Gasteiger partial charge in [0.1, 0.15) is 10.7 Å². The van der Waals surface area contributed by atoms with Gasteiger partial charge in [0.15, 0.2) is 11.0 Å². The maximum atomic E-state index is 15.0. The fraction of sp³-hybridized carbons (Fsp3) is 0.333. The van der Waals surface area contributed by atoms with Gasteiger partial charge in [0.05, 0.1) is 35.7 Å². The number of hydrogen-bond donors (Lipinski definition) is 1. The summed E-state index contributed by atoms with van der Waals surface area (Å²) in [6, 6.07) is 10.00. The Balaban J connectivity index is 1.50. The second-order valence-electron chi connectivity index (χ2n) is 8.23. The number of nitrogens with one attached hydrogen (secondary N) is 1. The monoisotopic (exact) mass is 504 g/mol. The molecule has 0 amide bonds. The molecular weight excluding hydrogens is 479 g/mol. The van der Waals surface area contributed by atoms with Crippen LogP contribution in [-0.4, -0.2) is 51.5 Å². The van der Waals surface area contributed by atoms with E-state index in [1.54, 1.807) is 24.3 Å². The lowest BCUT2D eigenvalue weighted by Crippen LogP contribution is -2.44. The first-order valence-corrected chi connectivity index (χ1v) is 12.4. The van der Waals surface area contributed by atoms with Crippen molar-refractivity contribution in [3.8, 4) is 17.1 Å². The molecule has 34 heavy (non-hydrogen) atoms. The molecule has 3 atom stereocenters. The van der Waals surface area contributed by atoms with Gasteiger partial charge in [-0.05, 0) is 49.7 Å². The summed E-state index contributed by atoms with van der Waals surface area (Å²) in [5, 5.41) is 0.338. The third kappa shape index (κ3) is 5.90. The minimum absolute atomic E-state index is 0.153. The average molecular weight is 505 g/mol. The zero-order valence-corrected chi connectivity index (χ0v) is 20.7. The quantitative estimate of drug-likeness (QED) is 0.503. The van der Waals surface area contributed by atoms with Crippen LogP contribution in [0.1, 0.15) is 19.4 Å². The summed E-state index contributed by atoms with van der Waals surface area (Å²) in [4.78, 5) is 10.9. The molecule has 3 unspecified atom stereocenters. The van der Waals surface area contributed by atoms with Gasteiger partial charge in [0.25, 0.3) is 0 Å². The molecule has 3 aromatic rings. The Kier molecular flexibility index (Phi) is 7.77. The summed E-state index contributed by atoms with van der Waals surface area (Å²) in [7, 11) is -0.261. The lowest BCUT2D eigenvalue weighted by atomic mass is 10.1. The van der Waals surface area contributed by atoms with Crippen molar-refractivity contribution in [2.75, 3.05) is 24.9 Å². The van der Waals surface area contributed by atoms with Crippen molar-refractivity contribution in [3.05, 3.63) is 65.2 Å². The molecule has 1 saturated heterocycles. The largest absolute Gasteiger partial charge is 0.480 e. The zero-order chi connectivity index (χ0) is 24.2. The first-order valence-electron chi connectivity index (χ1n) is 10.8. The Morgan fingerprint density at radius 1 is 1.21 bits per heavy atom. The first-order chi connectivity index (χ1) is 16.3. The highest BCUT2D eigenvalue weighted by Crippen LogP contribution is 2.27. The SMILES string of the molecule is COc1ncc(Cl)cc1S(=O)Nc1ccnc(-c2ccc(CN3CC(C)OC(C)C3)cc2F)c1. The molecule has 0 aliphatic carbocycles. The maximum Gasteiger partial charge on any atom is 0.231 e. The van der Waals surface area contributed by atoms with Gasteiger partial charge in [0, 0.05) is 37.6 Å². The fourth-order valence-corrected chi connectivity index (χ4v) is 5.24. The van der Waals surface area contributed by atoms with E-state index in [-0.39, 0.29) is 23.9 Å². The number of nitrogens with zero attached hydrogens (tertiary/aromatic N) is 3. The number of ether oxygens (including phenoxy) is 2. The Morgan fingerprint density at radius 2 is 1.97 bits per heavy atom. The minimum atomic E-state index is -1.70. The molecule has 0 radical (unpaired) electrons. The molecule has 0 bridgehead atoms. The highest BCUT2D eigenvalue weighted by atomic mass is 35.5. The van der Waals surface area contributed by atoms with E-state index in [0.717, 1.165) is 18.7 Å². The second-order valence-corrected chi connectivity index (χ2v) is 9.84. The van der Waals surface area contributed by atoms with Gasteiger partial charge in [-0.25, -0.2) is 13.6 Å². The van der Waals surface area contributed by atoms with Crippen molar-refractivity contribution in [1.29, 1.82) is 0 Å². The van der Waals surface area contributed by atoms with Crippen LogP contribution in [0.5, 0.6) is 5.88 Å². The van der Waals surface area contributed by atoms with Gasteiger partial charge in [-0.3, -0.25) is 9.88 Å². The summed E-state index contributed by atoms with van der Waals surface area (Å²) < 4.78 is 41.7. The molecule has 1 aliphatic rings. The molecule has 0 saturated carbocycles. The molecule has 7 nitrogen and oxygen atoms in total. The molecule has 1 aromatic carbocycles. The number of anilines is 1. The molecule has 2 aromatic heterocycles. The number of rotatable bonds is 7. The van der Waals surface area contributed by atoms with E-state index in [2.05, 4.69) is 19.6 Å². The topological polar surface area (TPSA) is 76.6 Å². The smallest absolute Gasteiger partial charge is 0.231 e. The summed E-state index contributed by atoms with van der Waals surface area (Å²) in [6.45, 7) is 6.37. The van der Waals surface area contributed by atoms with Gasteiger partial charge in [-0.1, -0.05) is 17.7 Å². The van der Waals surface area contributed by atoms with Crippen LogP contribution in [-0.2, 0) is 22.3 Å². The Hall–Kier alpha value is -2.59. The summed E-state index contributed by atoms with van der Waals surface area (Å²) >= 11 is 5.99. The van der Waals surface area contributed by atoms with E-state index in [4.69, 9.17) is 21.1 Å². The third-order valence-electron chi connectivity index (χ3n) is 5.36. The van der Waals surface area contributed by atoms with Crippen LogP contribution in [0.4, 0.5) is 10.1 Å². The molecule has 1 N–H and O–H groups in total.